The summed E-state index contributed by atoms with van der Waals surface area (Å²) in [5.41, 5.74) is 0. The number of nitrogens with zero attached hydrogens (tertiary/aromatic N) is 1. The highest BCUT2D eigenvalue weighted by molar-refractivity contribution is 4.75. The van der Waals surface area contributed by atoms with E-state index in [2.05, 4.69) is 25.7 Å². The number of hydrogen-bond acceptors (Lipinski definition) is 2. The Kier molecular flexibility index (Phi) is 4.90. The van der Waals surface area contributed by atoms with E-state index >= 15 is 0 Å². The Hall–Kier alpha value is -0.0800. The number of ether oxygens (including phenoxy) is 1. The molecule has 0 amide bonds. The lowest BCUT2D eigenvalue weighted by Gasteiger charge is -2.30. The van der Waals surface area contributed by atoms with E-state index in [1.165, 1.54) is 32.4 Å². The second-order valence-electron chi connectivity index (χ2n) is 4.81. The van der Waals surface area contributed by atoms with Crippen molar-refractivity contribution in [3.63, 3.8) is 0 Å². The fraction of sp³-hybridized carbons (Fsp3) is 1.00. The molecule has 2 heteroatoms. The largest absolute Gasteiger partial charge is 0.381 e. The molecule has 0 aliphatic carbocycles. The van der Waals surface area contributed by atoms with Gasteiger partial charge in [-0.05, 0) is 38.6 Å². The fourth-order valence-corrected chi connectivity index (χ4v) is 2.15. The summed E-state index contributed by atoms with van der Waals surface area (Å²) in [6.07, 6.45) is 4.22. The summed E-state index contributed by atoms with van der Waals surface area (Å²) in [6, 6.07) is 0.714. The summed E-state index contributed by atoms with van der Waals surface area (Å²) in [7, 11) is 1.84. The topological polar surface area (TPSA) is 12.5 Å². The van der Waals surface area contributed by atoms with Gasteiger partial charge in [-0.15, -0.1) is 0 Å². The van der Waals surface area contributed by atoms with Crippen LogP contribution in [0.5, 0.6) is 0 Å². The molecular weight excluding hydrogens is 174 g/mol. The van der Waals surface area contributed by atoms with Gasteiger partial charge in [0.1, 0.15) is 0 Å². The third-order valence-corrected chi connectivity index (χ3v) is 3.58. The third-order valence-electron chi connectivity index (χ3n) is 3.58. The van der Waals surface area contributed by atoms with Gasteiger partial charge in [-0.1, -0.05) is 13.8 Å². The molecule has 0 N–H and O–H groups in total. The Labute approximate surface area is 88.6 Å². The van der Waals surface area contributed by atoms with Crippen LogP contribution in [0, 0.1) is 5.92 Å². The van der Waals surface area contributed by atoms with Gasteiger partial charge >= 0.3 is 0 Å². The van der Waals surface area contributed by atoms with E-state index in [0.29, 0.717) is 12.1 Å². The van der Waals surface area contributed by atoms with Crippen LogP contribution in [0.1, 0.15) is 40.0 Å². The lowest BCUT2D eigenvalue weighted by Crippen LogP contribution is -2.37. The SMILES string of the molecule is COC1CCCN(C(C)C(C)C)CC1. The van der Waals surface area contributed by atoms with Crippen LogP contribution in [-0.4, -0.2) is 37.2 Å². The molecule has 1 fully saturated rings. The predicted molar refractivity (Wildman–Crippen MR) is 60.5 cm³/mol. The summed E-state index contributed by atoms with van der Waals surface area (Å²) < 4.78 is 5.43. The van der Waals surface area contributed by atoms with Gasteiger partial charge in [-0.3, -0.25) is 0 Å². The maximum atomic E-state index is 5.43. The first kappa shape index (κ1) is 12.0. The first-order valence-corrected chi connectivity index (χ1v) is 5.92. The smallest absolute Gasteiger partial charge is 0.0584 e. The van der Waals surface area contributed by atoms with Crippen molar-refractivity contribution >= 4 is 0 Å². The molecule has 0 aromatic heterocycles. The van der Waals surface area contributed by atoms with Crippen LogP contribution in [0.2, 0.25) is 0 Å². The molecule has 0 aromatic carbocycles. The molecule has 1 rings (SSSR count). The molecule has 0 aromatic rings. The molecule has 0 spiro atoms. The van der Waals surface area contributed by atoms with Gasteiger partial charge in [0.15, 0.2) is 0 Å². The molecule has 1 aliphatic heterocycles. The molecular formula is C12H25NO. The minimum atomic E-state index is 0.499. The zero-order chi connectivity index (χ0) is 10.6. The van der Waals surface area contributed by atoms with Crippen LogP contribution in [0.25, 0.3) is 0 Å². The lowest BCUT2D eigenvalue weighted by atomic mass is 10.0. The summed E-state index contributed by atoms with van der Waals surface area (Å²) in [5.74, 6) is 0.758. The predicted octanol–water partition coefficient (Wildman–Crippen LogP) is 2.53. The van der Waals surface area contributed by atoms with Crippen LogP contribution in [-0.2, 0) is 4.74 Å². The van der Waals surface area contributed by atoms with E-state index in [4.69, 9.17) is 4.74 Å². The van der Waals surface area contributed by atoms with Crippen molar-refractivity contribution in [1.82, 2.24) is 4.90 Å². The van der Waals surface area contributed by atoms with Crippen LogP contribution >= 0.6 is 0 Å². The van der Waals surface area contributed by atoms with Crippen molar-refractivity contribution in [3.05, 3.63) is 0 Å². The van der Waals surface area contributed by atoms with E-state index in [0.717, 1.165) is 5.92 Å². The second kappa shape index (κ2) is 5.72. The van der Waals surface area contributed by atoms with E-state index in [1.54, 1.807) is 0 Å². The Balaban J connectivity index is 2.41. The molecule has 0 radical (unpaired) electrons. The minimum absolute atomic E-state index is 0.499. The fourth-order valence-electron chi connectivity index (χ4n) is 2.15. The molecule has 1 aliphatic rings. The quantitative estimate of drug-likeness (QED) is 0.692. The number of likely N-dealkylation sites (tertiary alicyclic amines) is 1. The van der Waals surface area contributed by atoms with Gasteiger partial charge in [-0.25, -0.2) is 0 Å². The zero-order valence-corrected chi connectivity index (χ0v) is 10.1. The monoisotopic (exact) mass is 199 g/mol. The van der Waals surface area contributed by atoms with E-state index in [-0.39, 0.29) is 0 Å². The number of hydrogen-bond donors (Lipinski definition) is 0. The summed E-state index contributed by atoms with van der Waals surface area (Å²) in [4.78, 5) is 2.61. The van der Waals surface area contributed by atoms with Crippen molar-refractivity contribution in [2.45, 2.75) is 52.2 Å². The van der Waals surface area contributed by atoms with Crippen molar-refractivity contribution in [1.29, 1.82) is 0 Å². The van der Waals surface area contributed by atoms with Gasteiger partial charge in [0.2, 0.25) is 0 Å². The van der Waals surface area contributed by atoms with E-state index in [9.17, 15) is 0 Å². The maximum Gasteiger partial charge on any atom is 0.0584 e. The van der Waals surface area contributed by atoms with Gasteiger partial charge in [-0.2, -0.15) is 0 Å². The van der Waals surface area contributed by atoms with Crippen LogP contribution < -0.4 is 0 Å². The molecule has 14 heavy (non-hydrogen) atoms. The molecule has 84 valence electrons. The number of rotatable bonds is 3. The molecule has 1 heterocycles. The standard InChI is InChI=1S/C12H25NO/c1-10(2)11(3)13-8-5-6-12(14-4)7-9-13/h10-12H,5-9H2,1-4H3. The molecule has 1 saturated heterocycles. The van der Waals surface area contributed by atoms with Gasteiger partial charge < -0.3 is 9.64 Å². The highest BCUT2D eigenvalue weighted by Crippen LogP contribution is 2.18. The van der Waals surface area contributed by atoms with Gasteiger partial charge in [0.25, 0.3) is 0 Å². The lowest BCUT2D eigenvalue weighted by molar-refractivity contribution is 0.0863. The Morgan fingerprint density at radius 2 is 1.86 bits per heavy atom. The average Bonchev–Trinajstić information content (AvgIpc) is 2.41. The normalized spacial score (nSPS) is 27.6. The number of methoxy groups -OCH3 is 1. The highest BCUT2D eigenvalue weighted by Gasteiger charge is 2.21. The van der Waals surface area contributed by atoms with Crippen molar-refractivity contribution in [3.8, 4) is 0 Å². The molecule has 2 nitrogen and oxygen atoms in total. The maximum absolute atomic E-state index is 5.43. The first-order valence-electron chi connectivity index (χ1n) is 5.92. The Bertz CT molecular complexity index is 158. The van der Waals surface area contributed by atoms with Crippen LogP contribution in [0.4, 0.5) is 0 Å². The Morgan fingerprint density at radius 3 is 2.43 bits per heavy atom. The third kappa shape index (κ3) is 3.25. The zero-order valence-electron chi connectivity index (χ0n) is 10.1. The van der Waals surface area contributed by atoms with Gasteiger partial charge in [0.05, 0.1) is 6.10 Å². The first-order chi connectivity index (χ1) is 6.65. The molecule has 0 saturated carbocycles. The minimum Gasteiger partial charge on any atom is -0.381 e. The van der Waals surface area contributed by atoms with Crippen LogP contribution in [0.15, 0.2) is 0 Å². The summed E-state index contributed by atoms with van der Waals surface area (Å²) in [5, 5.41) is 0. The summed E-state index contributed by atoms with van der Waals surface area (Å²) in [6.45, 7) is 9.42. The highest BCUT2D eigenvalue weighted by atomic mass is 16.5. The molecule has 0 bridgehead atoms. The second-order valence-corrected chi connectivity index (χ2v) is 4.81. The average molecular weight is 199 g/mol. The van der Waals surface area contributed by atoms with E-state index in [1.807, 2.05) is 7.11 Å². The van der Waals surface area contributed by atoms with E-state index < -0.39 is 0 Å². The van der Waals surface area contributed by atoms with Crippen molar-refractivity contribution in [2.24, 2.45) is 5.92 Å². The van der Waals surface area contributed by atoms with Crippen LogP contribution in [0.3, 0.4) is 0 Å². The van der Waals surface area contributed by atoms with Crippen molar-refractivity contribution in [2.75, 3.05) is 20.2 Å². The molecule has 2 unspecified atom stereocenters. The summed E-state index contributed by atoms with van der Waals surface area (Å²) >= 11 is 0. The Morgan fingerprint density at radius 1 is 1.14 bits per heavy atom. The van der Waals surface area contributed by atoms with Crippen molar-refractivity contribution < 1.29 is 4.74 Å². The molecule has 2 atom stereocenters. The van der Waals surface area contributed by atoms with Gasteiger partial charge in [0, 0.05) is 19.7 Å².